The van der Waals surface area contributed by atoms with E-state index in [-0.39, 0.29) is 24.0 Å². The molecular weight excluding hydrogens is 377 g/mol. The van der Waals surface area contributed by atoms with Gasteiger partial charge in [0.05, 0.1) is 12.2 Å². The van der Waals surface area contributed by atoms with Crippen LogP contribution in [0.1, 0.15) is 31.0 Å². The summed E-state index contributed by atoms with van der Waals surface area (Å²) in [6, 6.07) is 11.8. The standard InChI is InChI=1S/C15H19N5.HI/c1-11(2)12-5-3-6-13(9-12)19-15(16)17-10-14-7-4-8-18-20-14;/h3-9,11H,10H2,1-2H3,(H3,16,17,19);1H. The van der Waals surface area contributed by atoms with Crippen molar-refractivity contribution in [3.8, 4) is 0 Å². The lowest BCUT2D eigenvalue weighted by Crippen LogP contribution is -2.22. The van der Waals surface area contributed by atoms with Crippen molar-refractivity contribution in [2.45, 2.75) is 26.3 Å². The van der Waals surface area contributed by atoms with Crippen molar-refractivity contribution in [2.75, 3.05) is 5.32 Å². The third-order valence-electron chi connectivity index (χ3n) is 2.86. The zero-order chi connectivity index (χ0) is 14.4. The Bertz CT molecular complexity index is 584. The highest BCUT2D eigenvalue weighted by Crippen LogP contribution is 2.18. The molecule has 0 aliphatic carbocycles. The quantitative estimate of drug-likeness (QED) is 0.472. The van der Waals surface area contributed by atoms with Crippen molar-refractivity contribution >= 4 is 35.6 Å². The summed E-state index contributed by atoms with van der Waals surface area (Å²) in [7, 11) is 0. The molecule has 3 N–H and O–H groups in total. The van der Waals surface area contributed by atoms with Crippen molar-refractivity contribution in [3.05, 3.63) is 53.9 Å². The van der Waals surface area contributed by atoms with Gasteiger partial charge in [-0.2, -0.15) is 10.2 Å². The number of nitrogens with two attached hydrogens (primary N) is 1. The van der Waals surface area contributed by atoms with Gasteiger partial charge in [-0.1, -0.05) is 26.0 Å². The SMILES string of the molecule is CC(C)c1cccc(NC(N)=NCc2cccnn2)c1.I. The first kappa shape index (κ1) is 17.4. The molecule has 21 heavy (non-hydrogen) atoms. The lowest BCUT2D eigenvalue weighted by atomic mass is 10.0. The molecule has 6 heteroatoms. The van der Waals surface area contributed by atoms with Crippen molar-refractivity contribution in [1.29, 1.82) is 0 Å². The van der Waals surface area contributed by atoms with E-state index in [9.17, 15) is 0 Å². The Morgan fingerprint density at radius 3 is 2.76 bits per heavy atom. The lowest BCUT2D eigenvalue weighted by Gasteiger charge is -2.09. The summed E-state index contributed by atoms with van der Waals surface area (Å²) in [5, 5.41) is 10.8. The molecule has 0 fully saturated rings. The predicted molar refractivity (Wildman–Crippen MR) is 96.9 cm³/mol. The molecule has 112 valence electrons. The van der Waals surface area contributed by atoms with Crippen LogP contribution in [0.25, 0.3) is 0 Å². The van der Waals surface area contributed by atoms with Crippen LogP contribution in [0, 0.1) is 0 Å². The summed E-state index contributed by atoms with van der Waals surface area (Å²) in [5.41, 5.74) is 8.86. The minimum Gasteiger partial charge on any atom is -0.370 e. The van der Waals surface area contributed by atoms with Gasteiger partial charge in [0.1, 0.15) is 0 Å². The second-order valence-electron chi connectivity index (χ2n) is 4.82. The first-order valence-corrected chi connectivity index (χ1v) is 6.58. The largest absolute Gasteiger partial charge is 0.370 e. The third kappa shape index (κ3) is 5.66. The van der Waals surface area contributed by atoms with Crippen LogP contribution in [0.3, 0.4) is 0 Å². The molecule has 5 nitrogen and oxygen atoms in total. The maximum Gasteiger partial charge on any atom is 0.193 e. The molecule has 0 aliphatic rings. The van der Waals surface area contributed by atoms with Crippen LogP contribution in [0.5, 0.6) is 0 Å². The Morgan fingerprint density at radius 2 is 2.10 bits per heavy atom. The van der Waals surface area contributed by atoms with E-state index < -0.39 is 0 Å². The van der Waals surface area contributed by atoms with Gasteiger partial charge in [-0.3, -0.25) is 0 Å². The topological polar surface area (TPSA) is 76.2 Å². The van der Waals surface area contributed by atoms with Crippen LogP contribution in [0.15, 0.2) is 47.6 Å². The van der Waals surface area contributed by atoms with E-state index in [4.69, 9.17) is 5.73 Å². The van der Waals surface area contributed by atoms with Crippen LogP contribution in [0.4, 0.5) is 5.69 Å². The summed E-state index contributed by atoms with van der Waals surface area (Å²) in [6.45, 7) is 4.73. The molecule has 1 aromatic carbocycles. The van der Waals surface area contributed by atoms with Gasteiger partial charge in [-0.05, 0) is 35.7 Å². The van der Waals surface area contributed by atoms with Crippen LogP contribution in [0.2, 0.25) is 0 Å². The van der Waals surface area contributed by atoms with E-state index in [1.807, 2.05) is 24.3 Å². The van der Waals surface area contributed by atoms with Crippen LogP contribution in [-0.4, -0.2) is 16.2 Å². The van der Waals surface area contributed by atoms with Crippen molar-refractivity contribution < 1.29 is 0 Å². The number of hydrogen-bond acceptors (Lipinski definition) is 3. The van der Waals surface area contributed by atoms with E-state index in [2.05, 4.69) is 46.5 Å². The summed E-state index contributed by atoms with van der Waals surface area (Å²) in [6.07, 6.45) is 1.63. The number of rotatable bonds is 4. The number of nitrogens with one attached hydrogen (secondary N) is 1. The third-order valence-corrected chi connectivity index (χ3v) is 2.86. The first-order valence-electron chi connectivity index (χ1n) is 6.58. The van der Waals surface area contributed by atoms with Gasteiger partial charge in [0.2, 0.25) is 0 Å². The molecule has 0 saturated carbocycles. The average molecular weight is 397 g/mol. The highest BCUT2D eigenvalue weighted by Gasteiger charge is 2.01. The molecule has 1 heterocycles. The number of aromatic nitrogens is 2. The first-order chi connectivity index (χ1) is 9.65. The number of hydrogen-bond donors (Lipinski definition) is 2. The summed E-state index contributed by atoms with van der Waals surface area (Å²) < 4.78 is 0. The molecule has 0 unspecified atom stereocenters. The fourth-order valence-electron chi connectivity index (χ4n) is 1.75. The van der Waals surface area contributed by atoms with Gasteiger partial charge >= 0.3 is 0 Å². The van der Waals surface area contributed by atoms with E-state index in [1.54, 1.807) is 6.20 Å². The maximum absolute atomic E-state index is 5.87. The lowest BCUT2D eigenvalue weighted by molar-refractivity contribution is 0.867. The second-order valence-corrected chi connectivity index (χ2v) is 4.82. The fraction of sp³-hybridized carbons (Fsp3) is 0.267. The molecule has 0 bridgehead atoms. The molecule has 0 spiro atoms. The van der Waals surface area contributed by atoms with E-state index in [0.717, 1.165) is 11.4 Å². The zero-order valence-corrected chi connectivity index (χ0v) is 14.5. The Hall–Kier alpha value is -1.70. The van der Waals surface area contributed by atoms with Crippen molar-refractivity contribution in [3.63, 3.8) is 0 Å². The van der Waals surface area contributed by atoms with E-state index >= 15 is 0 Å². The Balaban J connectivity index is 0.00000220. The number of halogens is 1. The number of benzene rings is 1. The minimum absolute atomic E-state index is 0. The Kier molecular flexibility index (Phi) is 7.07. The molecule has 0 atom stereocenters. The van der Waals surface area contributed by atoms with Gasteiger partial charge in [-0.15, -0.1) is 24.0 Å². The van der Waals surface area contributed by atoms with Gasteiger partial charge in [-0.25, -0.2) is 4.99 Å². The fourth-order valence-corrected chi connectivity index (χ4v) is 1.75. The van der Waals surface area contributed by atoms with Crippen molar-refractivity contribution in [1.82, 2.24) is 10.2 Å². The highest BCUT2D eigenvalue weighted by atomic mass is 127. The number of guanidine groups is 1. The number of aliphatic imine (C=N–C) groups is 1. The molecule has 0 radical (unpaired) electrons. The molecule has 2 rings (SSSR count). The second kappa shape index (κ2) is 8.56. The molecule has 0 aliphatic heterocycles. The maximum atomic E-state index is 5.87. The van der Waals surface area contributed by atoms with Crippen molar-refractivity contribution in [2.24, 2.45) is 10.7 Å². The summed E-state index contributed by atoms with van der Waals surface area (Å²) in [4.78, 5) is 4.25. The molecule has 1 aromatic heterocycles. The average Bonchev–Trinajstić information content (AvgIpc) is 2.46. The van der Waals surface area contributed by atoms with Crippen LogP contribution < -0.4 is 11.1 Å². The number of nitrogens with zero attached hydrogens (tertiary/aromatic N) is 3. The molecule has 2 aromatic rings. The normalized spacial score (nSPS) is 11.1. The highest BCUT2D eigenvalue weighted by molar-refractivity contribution is 14.0. The van der Waals surface area contributed by atoms with Gasteiger partial charge in [0, 0.05) is 11.9 Å². The number of anilines is 1. The Labute approximate surface area is 142 Å². The smallest absolute Gasteiger partial charge is 0.193 e. The van der Waals surface area contributed by atoms with Crippen LogP contribution >= 0.6 is 24.0 Å². The molecule has 0 saturated heterocycles. The Morgan fingerprint density at radius 1 is 1.29 bits per heavy atom. The van der Waals surface area contributed by atoms with E-state index in [1.165, 1.54) is 5.56 Å². The predicted octanol–water partition coefficient (Wildman–Crippen LogP) is 3.14. The monoisotopic (exact) mass is 397 g/mol. The molecular formula is C15H20IN5. The van der Waals surface area contributed by atoms with Gasteiger partial charge in [0.15, 0.2) is 5.96 Å². The zero-order valence-electron chi connectivity index (χ0n) is 12.2. The van der Waals surface area contributed by atoms with Gasteiger partial charge < -0.3 is 11.1 Å². The molecule has 0 amide bonds. The van der Waals surface area contributed by atoms with Gasteiger partial charge in [0.25, 0.3) is 0 Å². The van der Waals surface area contributed by atoms with Crippen LogP contribution in [-0.2, 0) is 6.54 Å². The minimum atomic E-state index is 0. The van der Waals surface area contributed by atoms with E-state index in [0.29, 0.717) is 18.4 Å². The summed E-state index contributed by atoms with van der Waals surface area (Å²) in [5.74, 6) is 0.853. The summed E-state index contributed by atoms with van der Waals surface area (Å²) >= 11 is 0.